The van der Waals surface area contributed by atoms with Gasteiger partial charge in [0.1, 0.15) is 5.82 Å². The number of aromatic nitrogens is 2. The maximum atomic E-state index is 12.7. The fraction of sp³-hybridized carbons (Fsp3) is 0.464. The van der Waals surface area contributed by atoms with E-state index in [1.54, 1.807) is 12.4 Å². The summed E-state index contributed by atoms with van der Waals surface area (Å²) in [6, 6.07) is 9.37. The number of anilines is 1. The zero-order valence-corrected chi connectivity index (χ0v) is 21.2. The lowest BCUT2D eigenvalue weighted by Crippen LogP contribution is -2.53. The smallest absolute Gasteiger partial charge is 0.247 e. The topological polar surface area (TPSA) is 73.4 Å². The van der Waals surface area contributed by atoms with Crippen molar-refractivity contribution >= 4 is 17.3 Å². The molecule has 0 saturated carbocycles. The number of carbonyl (C=O) groups excluding carboxylic acids is 1. The van der Waals surface area contributed by atoms with Crippen molar-refractivity contribution in [3.05, 3.63) is 72.2 Å². The molecule has 2 N–H and O–H groups in total. The van der Waals surface area contributed by atoms with E-state index in [4.69, 9.17) is 4.98 Å². The summed E-state index contributed by atoms with van der Waals surface area (Å²) in [6.07, 6.45) is 9.14. The fourth-order valence-corrected chi connectivity index (χ4v) is 5.04. The summed E-state index contributed by atoms with van der Waals surface area (Å²) < 4.78 is 0. The van der Waals surface area contributed by atoms with Crippen molar-refractivity contribution in [1.82, 2.24) is 25.5 Å². The van der Waals surface area contributed by atoms with Gasteiger partial charge in [0.15, 0.2) is 0 Å². The number of allylic oxidation sites excluding steroid dienone is 2. The average Bonchev–Trinajstić information content (AvgIpc) is 2.85. The molecule has 2 aliphatic rings. The number of hydrogen-bond acceptors (Lipinski definition) is 6. The highest BCUT2D eigenvalue weighted by atomic mass is 16.1. The number of piperazine rings is 1. The van der Waals surface area contributed by atoms with Crippen LogP contribution in [0.3, 0.4) is 0 Å². The summed E-state index contributed by atoms with van der Waals surface area (Å²) in [5, 5.41) is 6.77. The summed E-state index contributed by atoms with van der Waals surface area (Å²) in [7, 11) is 0. The van der Waals surface area contributed by atoms with Gasteiger partial charge in [0.05, 0.1) is 0 Å². The van der Waals surface area contributed by atoms with Gasteiger partial charge in [0, 0.05) is 75.0 Å². The zero-order valence-electron chi connectivity index (χ0n) is 21.2. The number of rotatable bonds is 7. The van der Waals surface area contributed by atoms with Crippen LogP contribution in [0.25, 0.3) is 5.57 Å². The second-order valence-electron chi connectivity index (χ2n) is 10.0. The highest BCUT2D eigenvalue weighted by molar-refractivity contribution is 5.96. The first-order valence-electron chi connectivity index (χ1n) is 12.6. The molecule has 0 spiro atoms. The Kier molecular flexibility index (Phi) is 8.31. The van der Waals surface area contributed by atoms with E-state index in [0.29, 0.717) is 17.7 Å². The Bertz CT molecular complexity index is 1020. The molecule has 2 saturated heterocycles. The maximum Gasteiger partial charge on any atom is 0.247 e. The summed E-state index contributed by atoms with van der Waals surface area (Å²) in [6.45, 7) is 15.2. The van der Waals surface area contributed by atoms with Crippen LogP contribution in [0.4, 0.5) is 5.82 Å². The van der Waals surface area contributed by atoms with Crippen LogP contribution in [-0.2, 0) is 11.3 Å². The molecule has 4 heterocycles. The van der Waals surface area contributed by atoms with Crippen LogP contribution in [-0.4, -0.2) is 65.1 Å². The van der Waals surface area contributed by atoms with Crippen molar-refractivity contribution in [1.29, 1.82) is 0 Å². The van der Waals surface area contributed by atoms with Gasteiger partial charge in [0.2, 0.25) is 5.91 Å². The van der Waals surface area contributed by atoms with E-state index in [1.807, 2.05) is 31.3 Å². The molecule has 0 aliphatic carbocycles. The quantitative estimate of drug-likeness (QED) is 0.473. The molecule has 35 heavy (non-hydrogen) atoms. The molecule has 2 aromatic rings. The van der Waals surface area contributed by atoms with E-state index in [0.717, 1.165) is 62.5 Å². The summed E-state index contributed by atoms with van der Waals surface area (Å²) >= 11 is 0. The van der Waals surface area contributed by atoms with Crippen LogP contribution in [0.1, 0.15) is 44.7 Å². The highest BCUT2D eigenvalue weighted by Gasteiger charge is 2.23. The van der Waals surface area contributed by atoms with E-state index in [9.17, 15) is 4.79 Å². The van der Waals surface area contributed by atoms with Gasteiger partial charge in [0.25, 0.3) is 0 Å². The molecular weight excluding hydrogens is 436 g/mol. The molecule has 1 amide bonds. The molecule has 7 heteroatoms. The molecule has 2 aliphatic heterocycles. The SMILES string of the molecule is C=C(/C=C(\C)C(=O)NC1CCN(c2ccc(CN3CC(C)NC(C)C3)cn2)CC1)c1cccnc1. The van der Waals surface area contributed by atoms with Gasteiger partial charge in [-0.15, -0.1) is 0 Å². The first-order chi connectivity index (χ1) is 16.9. The van der Waals surface area contributed by atoms with Crippen molar-refractivity contribution in [3.63, 3.8) is 0 Å². The molecule has 2 atom stereocenters. The Morgan fingerprint density at radius 3 is 2.54 bits per heavy atom. The minimum atomic E-state index is -0.0347. The monoisotopic (exact) mass is 474 g/mol. The Hall–Kier alpha value is -3.03. The molecule has 0 radical (unpaired) electrons. The van der Waals surface area contributed by atoms with Gasteiger partial charge in [-0.2, -0.15) is 0 Å². The molecule has 186 valence electrons. The Labute approximate surface area is 209 Å². The summed E-state index contributed by atoms with van der Waals surface area (Å²) in [4.78, 5) is 26.4. The first-order valence-corrected chi connectivity index (χ1v) is 12.6. The second-order valence-corrected chi connectivity index (χ2v) is 10.0. The Balaban J connectivity index is 1.24. The number of nitrogens with one attached hydrogen (secondary N) is 2. The molecule has 4 rings (SSSR count). The number of nitrogens with zero attached hydrogens (tertiary/aromatic N) is 4. The first kappa shape index (κ1) is 25.1. The number of carbonyl (C=O) groups is 1. The number of pyridine rings is 2. The highest BCUT2D eigenvalue weighted by Crippen LogP contribution is 2.20. The molecule has 2 aromatic heterocycles. The normalized spacial score (nSPS) is 22.1. The third-order valence-corrected chi connectivity index (χ3v) is 6.78. The summed E-state index contributed by atoms with van der Waals surface area (Å²) in [5.41, 5.74) is 3.62. The molecule has 7 nitrogen and oxygen atoms in total. The van der Waals surface area contributed by atoms with Gasteiger partial charge in [-0.25, -0.2) is 4.98 Å². The lowest BCUT2D eigenvalue weighted by Gasteiger charge is -2.36. The minimum absolute atomic E-state index is 0.0347. The molecule has 0 aromatic carbocycles. The van der Waals surface area contributed by atoms with Crippen molar-refractivity contribution in [3.8, 4) is 0 Å². The van der Waals surface area contributed by atoms with Gasteiger partial charge < -0.3 is 15.5 Å². The Morgan fingerprint density at radius 1 is 1.17 bits per heavy atom. The lowest BCUT2D eigenvalue weighted by molar-refractivity contribution is -0.118. The van der Waals surface area contributed by atoms with Crippen LogP contribution in [0, 0.1) is 0 Å². The predicted molar refractivity (Wildman–Crippen MR) is 142 cm³/mol. The van der Waals surface area contributed by atoms with Gasteiger partial charge in [-0.3, -0.25) is 14.7 Å². The van der Waals surface area contributed by atoms with Crippen molar-refractivity contribution < 1.29 is 4.79 Å². The zero-order chi connectivity index (χ0) is 24.8. The van der Waals surface area contributed by atoms with Crippen LogP contribution < -0.4 is 15.5 Å². The largest absolute Gasteiger partial charge is 0.356 e. The average molecular weight is 475 g/mol. The molecule has 0 bridgehead atoms. The van der Waals surface area contributed by atoms with Crippen LogP contribution in [0.15, 0.2) is 61.1 Å². The van der Waals surface area contributed by atoms with Gasteiger partial charge in [-0.05, 0) is 68.5 Å². The van der Waals surface area contributed by atoms with Crippen LogP contribution in [0.2, 0.25) is 0 Å². The van der Waals surface area contributed by atoms with E-state index in [-0.39, 0.29) is 11.9 Å². The molecular formula is C28H38N6O. The molecule has 2 fully saturated rings. The Morgan fingerprint density at radius 2 is 1.91 bits per heavy atom. The van der Waals surface area contributed by atoms with Gasteiger partial charge >= 0.3 is 0 Å². The maximum absolute atomic E-state index is 12.7. The van der Waals surface area contributed by atoms with Crippen LogP contribution in [0.5, 0.6) is 0 Å². The minimum Gasteiger partial charge on any atom is -0.356 e. The number of amides is 1. The summed E-state index contributed by atoms with van der Waals surface area (Å²) in [5.74, 6) is 0.983. The second kappa shape index (κ2) is 11.6. The number of hydrogen-bond donors (Lipinski definition) is 2. The van der Waals surface area contributed by atoms with Crippen molar-refractivity contribution in [2.75, 3.05) is 31.1 Å². The standard InChI is InChI=1S/C28H38N6O/c1-20(25-6-5-11-29-16-25)14-21(2)28(35)32-26-9-12-34(13-10-26)27-8-7-24(15-30-27)19-33-17-22(3)31-23(4)18-33/h5-8,11,14-16,22-23,26,31H,1,9-10,12-13,17-19H2,2-4H3,(H,32,35)/b21-14+. The lowest BCUT2D eigenvalue weighted by atomic mass is 10.0. The fourth-order valence-electron chi connectivity index (χ4n) is 5.04. The van der Waals surface area contributed by atoms with E-state index >= 15 is 0 Å². The third kappa shape index (κ3) is 6.99. The van der Waals surface area contributed by atoms with E-state index in [1.165, 1.54) is 5.56 Å². The third-order valence-electron chi connectivity index (χ3n) is 6.78. The predicted octanol–water partition coefficient (Wildman–Crippen LogP) is 3.40. The van der Waals surface area contributed by atoms with E-state index in [2.05, 4.69) is 58.0 Å². The number of piperidine rings is 1. The van der Waals surface area contributed by atoms with Crippen molar-refractivity contribution in [2.45, 2.75) is 58.3 Å². The van der Waals surface area contributed by atoms with Crippen LogP contribution >= 0.6 is 0 Å². The van der Waals surface area contributed by atoms with Gasteiger partial charge in [-0.1, -0.05) is 18.7 Å². The molecule has 2 unspecified atom stereocenters. The van der Waals surface area contributed by atoms with E-state index < -0.39 is 0 Å². The van der Waals surface area contributed by atoms with Crippen molar-refractivity contribution in [2.24, 2.45) is 0 Å².